The summed E-state index contributed by atoms with van der Waals surface area (Å²) in [5.41, 5.74) is 0. The minimum absolute atomic E-state index is 0.299. The highest BCUT2D eigenvalue weighted by atomic mass is 19.4. The molecule has 1 saturated heterocycles. The van der Waals surface area contributed by atoms with Crippen LogP contribution in [0.3, 0.4) is 0 Å². The van der Waals surface area contributed by atoms with Crippen LogP contribution < -0.4 is 0 Å². The Morgan fingerprint density at radius 2 is 1.69 bits per heavy atom. The van der Waals surface area contributed by atoms with Crippen LogP contribution in [-0.2, 0) is 0 Å². The number of nitrogens with zero attached hydrogens (tertiary/aromatic N) is 1. The summed E-state index contributed by atoms with van der Waals surface area (Å²) in [6.07, 6.45) is -3.16. The first-order valence-electron chi connectivity index (χ1n) is 4.08. The average Bonchev–Trinajstić information content (AvgIpc) is 2.34. The van der Waals surface area contributed by atoms with Crippen molar-refractivity contribution in [2.75, 3.05) is 13.1 Å². The third-order valence-electron chi connectivity index (χ3n) is 2.11. The van der Waals surface area contributed by atoms with Gasteiger partial charge in [-0.3, -0.25) is 4.90 Å². The summed E-state index contributed by atoms with van der Waals surface area (Å²) < 4.78 is 49.4. The van der Waals surface area contributed by atoms with Crippen LogP contribution in [0.2, 0.25) is 0 Å². The molecule has 1 aliphatic rings. The number of likely N-dealkylation sites (tertiary alicyclic amines) is 1. The normalized spacial score (nSPS) is 21.8. The maximum Gasteiger partial charge on any atom is 0.410 e. The van der Waals surface area contributed by atoms with E-state index < -0.39 is 18.0 Å². The number of hydrogen-bond donors (Lipinski definition) is 0. The highest BCUT2D eigenvalue weighted by Gasteiger charge is 2.46. The zero-order valence-corrected chi connectivity index (χ0v) is 7.07. The van der Waals surface area contributed by atoms with E-state index in [1.807, 2.05) is 0 Å². The lowest BCUT2D eigenvalue weighted by molar-refractivity contribution is -0.174. The van der Waals surface area contributed by atoms with Gasteiger partial charge < -0.3 is 0 Å². The van der Waals surface area contributed by atoms with Gasteiger partial charge in [0, 0.05) is 0 Å². The molecule has 0 aromatic heterocycles. The summed E-state index contributed by atoms with van der Waals surface area (Å²) in [6, 6.07) is -2.10. The van der Waals surface area contributed by atoms with Crippen molar-refractivity contribution >= 4 is 0 Å². The first-order chi connectivity index (χ1) is 5.93. The fourth-order valence-corrected chi connectivity index (χ4v) is 1.58. The molecule has 0 amide bonds. The summed E-state index contributed by atoms with van der Waals surface area (Å²) in [6.45, 7) is 3.34. The topological polar surface area (TPSA) is 3.24 Å². The van der Waals surface area contributed by atoms with Gasteiger partial charge >= 0.3 is 6.18 Å². The molecule has 0 radical (unpaired) electrons. The Hall–Kier alpha value is -0.580. The van der Waals surface area contributed by atoms with Gasteiger partial charge in [0.2, 0.25) is 0 Å². The maximum absolute atomic E-state index is 12.6. The molecule has 1 unspecified atom stereocenters. The van der Waals surface area contributed by atoms with E-state index >= 15 is 0 Å². The summed E-state index contributed by atoms with van der Waals surface area (Å²) in [4.78, 5) is 1.09. The highest BCUT2D eigenvalue weighted by molar-refractivity contribution is 5.02. The molecule has 1 heterocycles. The Labute approximate surface area is 74.0 Å². The fourth-order valence-electron chi connectivity index (χ4n) is 1.58. The molecule has 1 atom stereocenters. The van der Waals surface area contributed by atoms with Crippen molar-refractivity contribution < 1.29 is 17.6 Å². The molecule has 0 aromatic rings. The van der Waals surface area contributed by atoms with Crippen molar-refractivity contribution in [3.63, 3.8) is 0 Å². The van der Waals surface area contributed by atoms with Crippen molar-refractivity contribution in [3.05, 3.63) is 12.4 Å². The first kappa shape index (κ1) is 10.5. The Morgan fingerprint density at radius 3 is 2.00 bits per heavy atom. The monoisotopic (exact) mass is 197 g/mol. The van der Waals surface area contributed by atoms with Gasteiger partial charge in [0.15, 0.2) is 6.04 Å². The standard InChI is InChI=1S/C8H11F4N/c1-6(9)7(8(10,11)12)13-4-2-3-5-13/h7H,1-5H2. The predicted molar refractivity (Wildman–Crippen MR) is 40.9 cm³/mol. The van der Waals surface area contributed by atoms with E-state index in [2.05, 4.69) is 6.58 Å². The van der Waals surface area contributed by atoms with Gasteiger partial charge in [-0.2, -0.15) is 13.2 Å². The van der Waals surface area contributed by atoms with E-state index in [0.29, 0.717) is 25.9 Å². The van der Waals surface area contributed by atoms with Crippen LogP contribution in [0.1, 0.15) is 12.8 Å². The molecule has 76 valence electrons. The molecule has 0 N–H and O–H groups in total. The van der Waals surface area contributed by atoms with E-state index in [1.165, 1.54) is 0 Å². The number of alkyl halides is 3. The molecular weight excluding hydrogens is 186 g/mol. The van der Waals surface area contributed by atoms with Crippen LogP contribution in [0.5, 0.6) is 0 Å². The van der Waals surface area contributed by atoms with Crippen LogP contribution in [0.25, 0.3) is 0 Å². The summed E-state index contributed by atoms with van der Waals surface area (Å²) in [5, 5.41) is 0. The molecule has 0 bridgehead atoms. The molecule has 1 rings (SSSR count). The zero-order chi connectivity index (χ0) is 10.1. The van der Waals surface area contributed by atoms with Crippen molar-refractivity contribution in [3.8, 4) is 0 Å². The van der Waals surface area contributed by atoms with Gasteiger partial charge in [-0.1, -0.05) is 6.58 Å². The van der Waals surface area contributed by atoms with Crippen molar-refractivity contribution in [1.29, 1.82) is 0 Å². The van der Waals surface area contributed by atoms with Gasteiger partial charge in [0.1, 0.15) is 5.83 Å². The molecule has 1 fully saturated rings. The molecule has 1 aliphatic heterocycles. The quantitative estimate of drug-likeness (QED) is 0.615. The van der Waals surface area contributed by atoms with Gasteiger partial charge in [-0.25, -0.2) is 4.39 Å². The number of rotatable bonds is 2. The van der Waals surface area contributed by atoms with E-state index in [1.54, 1.807) is 0 Å². The minimum Gasteiger partial charge on any atom is -0.287 e. The summed E-state index contributed by atoms with van der Waals surface area (Å²) >= 11 is 0. The number of halogens is 4. The van der Waals surface area contributed by atoms with Crippen molar-refractivity contribution in [2.45, 2.75) is 25.1 Å². The van der Waals surface area contributed by atoms with Crippen molar-refractivity contribution in [1.82, 2.24) is 4.90 Å². The maximum atomic E-state index is 12.6. The third kappa shape index (κ3) is 2.43. The van der Waals surface area contributed by atoms with Gasteiger partial charge in [-0.05, 0) is 25.9 Å². The van der Waals surface area contributed by atoms with Gasteiger partial charge in [0.25, 0.3) is 0 Å². The smallest absolute Gasteiger partial charge is 0.287 e. The molecule has 0 aromatic carbocycles. The average molecular weight is 197 g/mol. The van der Waals surface area contributed by atoms with E-state index in [-0.39, 0.29) is 0 Å². The highest BCUT2D eigenvalue weighted by Crippen LogP contribution is 2.31. The molecule has 13 heavy (non-hydrogen) atoms. The van der Waals surface area contributed by atoms with Crippen LogP contribution >= 0.6 is 0 Å². The lowest BCUT2D eigenvalue weighted by Gasteiger charge is -2.27. The predicted octanol–water partition coefficient (Wildman–Crippen LogP) is 2.50. The molecule has 0 spiro atoms. The Balaban J connectivity index is 2.72. The van der Waals surface area contributed by atoms with Crippen LogP contribution in [0.15, 0.2) is 12.4 Å². The summed E-state index contributed by atoms with van der Waals surface area (Å²) in [7, 11) is 0. The lowest BCUT2D eigenvalue weighted by atomic mass is 10.2. The second kappa shape index (κ2) is 3.65. The molecular formula is C8H11F4N. The van der Waals surface area contributed by atoms with E-state index in [4.69, 9.17) is 0 Å². The molecule has 0 aliphatic carbocycles. The SMILES string of the molecule is C=C(F)C(N1CCCC1)C(F)(F)F. The Kier molecular flexibility index (Phi) is 2.95. The first-order valence-corrected chi connectivity index (χ1v) is 4.08. The molecule has 0 saturated carbocycles. The van der Waals surface area contributed by atoms with E-state index in [0.717, 1.165) is 4.90 Å². The van der Waals surface area contributed by atoms with Crippen LogP contribution in [0.4, 0.5) is 17.6 Å². The van der Waals surface area contributed by atoms with E-state index in [9.17, 15) is 17.6 Å². The van der Waals surface area contributed by atoms with Crippen molar-refractivity contribution in [2.24, 2.45) is 0 Å². The summed E-state index contributed by atoms with van der Waals surface area (Å²) in [5.74, 6) is -1.31. The largest absolute Gasteiger partial charge is 0.410 e. The van der Waals surface area contributed by atoms with Crippen LogP contribution in [0, 0.1) is 0 Å². The second-order valence-corrected chi connectivity index (χ2v) is 3.13. The lowest BCUT2D eigenvalue weighted by Crippen LogP contribution is -2.44. The van der Waals surface area contributed by atoms with Crippen LogP contribution in [-0.4, -0.2) is 30.2 Å². The molecule has 1 nitrogen and oxygen atoms in total. The Morgan fingerprint density at radius 1 is 1.23 bits per heavy atom. The van der Waals surface area contributed by atoms with Gasteiger partial charge in [0.05, 0.1) is 0 Å². The fraction of sp³-hybridized carbons (Fsp3) is 0.750. The Bertz CT molecular complexity index is 193. The molecule has 5 heteroatoms. The minimum atomic E-state index is -4.55. The zero-order valence-electron chi connectivity index (χ0n) is 7.07. The van der Waals surface area contributed by atoms with Gasteiger partial charge in [-0.15, -0.1) is 0 Å². The number of hydrogen-bond acceptors (Lipinski definition) is 1. The second-order valence-electron chi connectivity index (χ2n) is 3.13. The third-order valence-corrected chi connectivity index (χ3v) is 2.11.